The van der Waals surface area contributed by atoms with Gasteiger partial charge in [-0.15, -0.1) is 12.4 Å². The molecular weight excluding hydrogens is 397 g/mol. The summed E-state index contributed by atoms with van der Waals surface area (Å²) < 4.78 is 0. The second-order valence-electron chi connectivity index (χ2n) is 7.26. The van der Waals surface area contributed by atoms with Crippen molar-refractivity contribution >= 4 is 41.7 Å². The van der Waals surface area contributed by atoms with Crippen LogP contribution in [0.3, 0.4) is 0 Å². The van der Waals surface area contributed by atoms with Crippen molar-refractivity contribution in [1.82, 2.24) is 15.3 Å². The summed E-state index contributed by atoms with van der Waals surface area (Å²) >= 11 is 5.97. The number of hydrogen-bond donors (Lipinski definition) is 2. The van der Waals surface area contributed by atoms with Crippen LogP contribution in [0.25, 0.3) is 0 Å². The van der Waals surface area contributed by atoms with E-state index in [4.69, 9.17) is 11.6 Å². The molecule has 1 fully saturated rings. The van der Waals surface area contributed by atoms with Crippen LogP contribution in [0.1, 0.15) is 41.7 Å². The summed E-state index contributed by atoms with van der Waals surface area (Å²) in [5.41, 5.74) is 1.55. The maximum atomic E-state index is 12.4. The number of carbonyl (C=O) groups is 1. The molecule has 0 aliphatic heterocycles. The van der Waals surface area contributed by atoms with E-state index in [0.717, 1.165) is 37.2 Å². The number of benzene rings is 1. The van der Waals surface area contributed by atoms with Gasteiger partial charge in [0.25, 0.3) is 5.91 Å². The lowest BCUT2D eigenvalue weighted by molar-refractivity contribution is 0.0926. The zero-order chi connectivity index (χ0) is 19.4. The highest BCUT2D eigenvalue weighted by Crippen LogP contribution is 2.23. The van der Waals surface area contributed by atoms with E-state index in [1.54, 1.807) is 24.3 Å². The summed E-state index contributed by atoms with van der Waals surface area (Å²) in [7, 11) is 3.94. The van der Waals surface area contributed by atoms with E-state index in [-0.39, 0.29) is 24.4 Å². The fourth-order valence-electron chi connectivity index (χ4n) is 3.31. The van der Waals surface area contributed by atoms with E-state index < -0.39 is 0 Å². The van der Waals surface area contributed by atoms with Crippen LogP contribution in [0.2, 0.25) is 5.02 Å². The van der Waals surface area contributed by atoms with Crippen molar-refractivity contribution in [2.75, 3.05) is 24.3 Å². The van der Waals surface area contributed by atoms with E-state index in [9.17, 15) is 4.79 Å². The van der Waals surface area contributed by atoms with Crippen molar-refractivity contribution in [3.8, 4) is 0 Å². The Bertz CT molecular complexity index is 807. The second kappa shape index (κ2) is 9.94. The number of hydrogen-bond acceptors (Lipinski definition) is 5. The Labute approximate surface area is 177 Å². The molecular formula is C20H27Cl2N5O. The SMILES string of the molecule is Cc1cc(N(C)C)nc(NC2CCC(NC(=O)c3cccc(Cl)c3)CC2)n1.Cl. The first-order chi connectivity index (χ1) is 12.9. The first kappa shape index (κ1) is 22.2. The van der Waals surface area contributed by atoms with Crippen LogP contribution in [-0.4, -0.2) is 42.1 Å². The first-order valence-corrected chi connectivity index (χ1v) is 9.64. The maximum Gasteiger partial charge on any atom is 0.251 e. The van der Waals surface area contributed by atoms with Crippen LogP contribution in [0.4, 0.5) is 11.8 Å². The van der Waals surface area contributed by atoms with Crippen molar-refractivity contribution in [2.24, 2.45) is 0 Å². The van der Waals surface area contributed by atoms with Crippen molar-refractivity contribution in [3.63, 3.8) is 0 Å². The number of nitrogens with one attached hydrogen (secondary N) is 2. The summed E-state index contributed by atoms with van der Waals surface area (Å²) in [5, 5.41) is 7.14. The molecule has 6 nitrogen and oxygen atoms in total. The molecule has 0 unspecified atom stereocenters. The highest BCUT2D eigenvalue weighted by atomic mass is 35.5. The average Bonchev–Trinajstić information content (AvgIpc) is 2.63. The summed E-state index contributed by atoms with van der Waals surface area (Å²) in [6, 6.07) is 9.51. The third kappa shape index (κ3) is 5.97. The molecule has 0 bridgehead atoms. The molecule has 152 valence electrons. The summed E-state index contributed by atoms with van der Waals surface area (Å²) in [4.78, 5) is 23.4. The lowest BCUT2D eigenvalue weighted by Gasteiger charge is -2.30. The molecule has 1 amide bonds. The van der Waals surface area contributed by atoms with Gasteiger partial charge < -0.3 is 15.5 Å². The molecule has 28 heavy (non-hydrogen) atoms. The topological polar surface area (TPSA) is 70.2 Å². The van der Waals surface area contributed by atoms with Crippen molar-refractivity contribution in [1.29, 1.82) is 0 Å². The quantitative estimate of drug-likeness (QED) is 0.757. The molecule has 1 aromatic heterocycles. The number of carbonyl (C=O) groups excluding carboxylic acids is 1. The largest absolute Gasteiger partial charge is 0.363 e. The molecule has 1 heterocycles. The Morgan fingerprint density at radius 3 is 2.43 bits per heavy atom. The molecule has 0 saturated heterocycles. The lowest BCUT2D eigenvalue weighted by Crippen LogP contribution is -2.40. The number of nitrogens with zero attached hydrogens (tertiary/aromatic N) is 3. The minimum Gasteiger partial charge on any atom is -0.363 e. The van der Waals surface area contributed by atoms with Crippen molar-refractivity contribution < 1.29 is 4.79 Å². The number of aryl methyl sites for hydroxylation is 1. The van der Waals surface area contributed by atoms with E-state index in [0.29, 0.717) is 22.6 Å². The molecule has 2 N–H and O–H groups in total. The van der Waals surface area contributed by atoms with Crippen LogP contribution >= 0.6 is 24.0 Å². The van der Waals surface area contributed by atoms with Gasteiger partial charge in [-0.1, -0.05) is 17.7 Å². The summed E-state index contributed by atoms with van der Waals surface area (Å²) in [5.74, 6) is 1.50. The number of halogens is 2. The van der Waals surface area contributed by atoms with Crippen molar-refractivity contribution in [2.45, 2.75) is 44.7 Å². The second-order valence-corrected chi connectivity index (χ2v) is 7.70. The Balaban J connectivity index is 0.00000280. The molecule has 1 aliphatic carbocycles. The predicted molar refractivity (Wildman–Crippen MR) is 117 cm³/mol. The van der Waals surface area contributed by atoms with Crippen LogP contribution in [0, 0.1) is 6.92 Å². The summed E-state index contributed by atoms with van der Waals surface area (Å²) in [6.45, 7) is 1.97. The number of aromatic nitrogens is 2. The maximum absolute atomic E-state index is 12.4. The van der Waals surface area contributed by atoms with Gasteiger partial charge in [-0.05, 0) is 50.8 Å². The minimum atomic E-state index is -0.0634. The minimum absolute atomic E-state index is 0. The lowest BCUT2D eigenvalue weighted by atomic mass is 9.91. The molecule has 0 atom stereocenters. The average molecular weight is 424 g/mol. The number of anilines is 2. The molecule has 0 radical (unpaired) electrons. The Morgan fingerprint density at radius 1 is 1.11 bits per heavy atom. The molecule has 8 heteroatoms. The van der Waals surface area contributed by atoms with Gasteiger partial charge in [0, 0.05) is 48.5 Å². The van der Waals surface area contributed by atoms with Gasteiger partial charge in [0.15, 0.2) is 0 Å². The third-order valence-corrected chi connectivity index (χ3v) is 5.02. The Morgan fingerprint density at radius 2 is 1.79 bits per heavy atom. The highest BCUT2D eigenvalue weighted by Gasteiger charge is 2.23. The molecule has 0 spiro atoms. The normalized spacial score (nSPS) is 18.7. The third-order valence-electron chi connectivity index (χ3n) is 4.78. The van der Waals surface area contributed by atoms with Gasteiger partial charge in [0.05, 0.1) is 0 Å². The van der Waals surface area contributed by atoms with Gasteiger partial charge in [0.1, 0.15) is 5.82 Å². The predicted octanol–water partition coefficient (Wildman–Crippen LogP) is 4.08. The molecule has 1 aliphatic rings. The zero-order valence-electron chi connectivity index (χ0n) is 16.4. The fourth-order valence-corrected chi connectivity index (χ4v) is 3.50. The number of amides is 1. The Kier molecular flexibility index (Phi) is 7.89. The van der Waals surface area contributed by atoms with Crippen LogP contribution < -0.4 is 15.5 Å². The smallest absolute Gasteiger partial charge is 0.251 e. The van der Waals surface area contributed by atoms with Crippen LogP contribution in [0.5, 0.6) is 0 Å². The van der Waals surface area contributed by atoms with Gasteiger partial charge in [-0.2, -0.15) is 4.98 Å². The first-order valence-electron chi connectivity index (χ1n) is 9.26. The molecule has 1 aromatic carbocycles. The van der Waals surface area contributed by atoms with E-state index in [1.165, 1.54) is 0 Å². The molecule has 2 aromatic rings. The molecule has 3 rings (SSSR count). The van der Waals surface area contributed by atoms with Gasteiger partial charge in [0.2, 0.25) is 5.95 Å². The monoisotopic (exact) mass is 423 g/mol. The van der Waals surface area contributed by atoms with E-state index in [2.05, 4.69) is 20.6 Å². The Hall–Kier alpha value is -2.05. The number of rotatable bonds is 5. The van der Waals surface area contributed by atoms with Gasteiger partial charge in [-0.3, -0.25) is 4.79 Å². The highest BCUT2D eigenvalue weighted by molar-refractivity contribution is 6.30. The zero-order valence-corrected chi connectivity index (χ0v) is 18.0. The summed E-state index contributed by atoms with van der Waals surface area (Å²) in [6.07, 6.45) is 3.79. The van der Waals surface area contributed by atoms with E-state index >= 15 is 0 Å². The van der Waals surface area contributed by atoms with Crippen molar-refractivity contribution in [3.05, 3.63) is 46.6 Å². The molecule has 1 saturated carbocycles. The standard InChI is InChI=1S/C20H26ClN5O.ClH/c1-13-11-18(26(2)3)25-20(22-13)24-17-9-7-16(8-10-17)23-19(27)14-5-4-6-15(21)12-14;/h4-6,11-12,16-17H,7-10H2,1-3H3,(H,23,27)(H,22,24,25);1H. The van der Waals surface area contributed by atoms with Crippen LogP contribution in [-0.2, 0) is 0 Å². The van der Waals surface area contributed by atoms with Gasteiger partial charge >= 0.3 is 0 Å². The fraction of sp³-hybridized carbons (Fsp3) is 0.450. The van der Waals surface area contributed by atoms with Crippen LogP contribution in [0.15, 0.2) is 30.3 Å². The van der Waals surface area contributed by atoms with E-state index in [1.807, 2.05) is 32.0 Å². The van der Waals surface area contributed by atoms with Gasteiger partial charge in [-0.25, -0.2) is 4.98 Å².